The summed E-state index contributed by atoms with van der Waals surface area (Å²) in [5.74, 6) is 0.910. The fraction of sp³-hybridized carbons (Fsp3) is 0.143. The number of hydrogen-bond donors (Lipinski definition) is 2. The number of rotatable bonds is 1. The first-order valence-electron chi connectivity index (χ1n) is 3.22. The molecular formula is C7H11NaO5S. The van der Waals surface area contributed by atoms with Crippen LogP contribution in [0.1, 0.15) is 0 Å². The van der Waals surface area contributed by atoms with Gasteiger partial charge in [0.05, 0.1) is 7.11 Å². The third-order valence-corrected chi connectivity index (χ3v) is 0.979. The Labute approximate surface area is 105 Å². The Morgan fingerprint density at radius 3 is 1.71 bits per heavy atom. The van der Waals surface area contributed by atoms with Gasteiger partial charge in [-0.15, -0.1) is 0 Å². The molecule has 0 bridgehead atoms. The Bertz CT molecular complexity index is 315. The summed E-state index contributed by atoms with van der Waals surface area (Å²) in [6, 6.07) is 9.68. The molecule has 0 aliphatic rings. The number of ether oxygens (including phenoxy) is 1. The van der Waals surface area contributed by atoms with E-state index in [-0.39, 0.29) is 29.6 Å². The van der Waals surface area contributed by atoms with E-state index in [1.165, 1.54) is 0 Å². The van der Waals surface area contributed by atoms with E-state index in [2.05, 4.69) is 0 Å². The van der Waals surface area contributed by atoms with Gasteiger partial charge in [-0.1, -0.05) is 18.2 Å². The number of para-hydroxylation sites is 1. The SMILES string of the molecule is COc1ccccc1.O=S(=O)(O)O.[NaH]. The van der Waals surface area contributed by atoms with Crippen molar-refractivity contribution in [2.45, 2.75) is 0 Å². The third kappa shape index (κ3) is 14.4. The van der Waals surface area contributed by atoms with Crippen molar-refractivity contribution in [2.24, 2.45) is 0 Å². The molecule has 7 heteroatoms. The van der Waals surface area contributed by atoms with Gasteiger partial charge in [0.1, 0.15) is 5.75 Å². The molecule has 0 saturated heterocycles. The molecule has 0 amide bonds. The van der Waals surface area contributed by atoms with Crippen LogP contribution in [-0.4, -0.2) is 54.2 Å². The van der Waals surface area contributed by atoms with Crippen LogP contribution in [0.15, 0.2) is 30.3 Å². The molecule has 0 unspecified atom stereocenters. The maximum atomic E-state index is 8.74. The second-order valence-electron chi connectivity index (χ2n) is 1.97. The molecule has 1 aromatic carbocycles. The van der Waals surface area contributed by atoms with Gasteiger partial charge in [-0.05, 0) is 12.1 Å². The zero-order valence-electron chi connectivity index (χ0n) is 6.91. The monoisotopic (exact) mass is 230 g/mol. The van der Waals surface area contributed by atoms with Gasteiger partial charge in [0.2, 0.25) is 0 Å². The van der Waals surface area contributed by atoms with Gasteiger partial charge >= 0.3 is 40.0 Å². The molecule has 0 spiro atoms. The van der Waals surface area contributed by atoms with Crippen molar-refractivity contribution in [3.8, 4) is 5.75 Å². The predicted molar refractivity (Wildman–Crippen MR) is 54.3 cm³/mol. The summed E-state index contributed by atoms with van der Waals surface area (Å²) in [5, 5.41) is 0. The van der Waals surface area contributed by atoms with Crippen LogP contribution in [0.3, 0.4) is 0 Å². The standard InChI is InChI=1S/C7H8O.Na.H2O4S.H/c1-8-7-5-3-2-4-6-7;;1-5(2,3)4;/h2-6H,1H3;;(H2,1,2,3,4);. The Hall–Kier alpha value is -0.110. The zero-order valence-corrected chi connectivity index (χ0v) is 7.73. The molecule has 0 heterocycles. The normalized spacial score (nSPS) is 9.07. The van der Waals surface area contributed by atoms with Crippen molar-refractivity contribution in [1.29, 1.82) is 0 Å². The first kappa shape index (κ1) is 16.3. The zero-order chi connectivity index (χ0) is 10.3. The van der Waals surface area contributed by atoms with Crippen LogP contribution >= 0.6 is 0 Å². The third-order valence-electron chi connectivity index (χ3n) is 0.979. The first-order chi connectivity index (χ1) is 5.93. The van der Waals surface area contributed by atoms with Crippen molar-refractivity contribution >= 4 is 40.0 Å². The topological polar surface area (TPSA) is 83.8 Å². The molecule has 76 valence electrons. The molecule has 2 N–H and O–H groups in total. The van der Waals surface area contributed by atoms with E-state index in [1.807, 2.05) is 30.3 Å². The Balaban J connectivity index is 0. The maximum absolute atomic E-state index is 8.74. The summed E-state index contributed by atoms with van der Waals surface area (Å²) in [6.07, 6.45) is 0. The van der Waals surface area contributed by atoms with Gasteiger partial charge in [-0.3, -0.25) is 9.11 Å². The average Bonchev–Trinajstić information content (AvgIpc) is 2.03. The second kappa shape index (κ2) is 8.22. The van der Waals surface area contributed by atoms with Crippen LogP contribution < -0.4 is 4.74 Å². The van der Waals surface area contributed by atoms with E-state index in [4.69, 9.17) is 22.3 Å². The molecule has 1 rings (SSSR count). The fourth-order valence-electron chi connectivity index (χ4n) is 0.557. The molecule has 5 nitrogen and oxygen atoms in total. The van der Waals surface area contributed by atoms with E-state index < -0.39 is 10.4 Å². The summed E-state index contributed by atoms with van der Waals surface area (Å²) < 4.78 is 36.5. The minimum atomic E-state index is -4.67. The number of methoxy groups -OCH3 is 1. The van der Waals surface area contributed by atoms with Crippen molar-refractivity contribution in [1.82, 2.24) is 0 Å². The van der Waals surface area contributed by atoms with Crippen LogP contribution in [-0.2, 0) is 10.4 Å². The molecule has 0 fully saturated rings. The molecule has 1 aromatic rings. The Kier molecular flexibility index (Phi) is 9.58. The van der Waals surface area contributed by atoms with Crippen LogP contribution in [0.5, 0.6) is 5.75 Å². The van der Waals surface area contributed by atoms with Gasteiger partial charge in [0.15, 0.2) is 0 Å². The van der Waals surface area contributed by atoms with Crippen LogP contribution in [0, 0.1) is 0 Å². The van der Waals surface area contributed by atoms with Crippen molar-refractivity contribution in [3.05, 3.63) is 30.3 Å². The number of benzene rings is 1. The molecule has 0 saturated carbocycles. The summed E-state index contributed by atoms with van der Waals surface area (Å²) in [5.41, 5.74) is 0. The average molecular weight is 230 g/mol. The van der Waals surface area contributed by atoms with Crippen molar-refractivity contribution in [2.75, 3.05) is 7.11 Å². The van der Waals surface area contributed by atoms with Crippen LogP contribution in [0.2, 0.25) is 0 Å². The molecule has 0 aromatic heterocycles. The number of hydrogen-bond acceptors (Lipinski definition) is 3. The summed E-state index contributed by atoms with van der Waals surface area (Å²) in [7, 11) is -3.00. The Morgan fingerprint density at radius 1 is 1.14 bits per heavy atom. The van der Waals surface area contributed by atoms with E-state index in [0.29, 0.717) is 0 Å². The molecule has 14 heavy (non-hydrogen) atoms. The van der Waals surface area contributed by atoms with Crippen LogP contribution in [0.4, 0.5) is 0 Å². The molecular weight excluding hydrogens is 219 g/mol. The first-order valence-corrected chi connectivity index (χ1v) is 4.62. The molecule has 0 atom stereocenters. The van der Waals surface area contributed by atoms with E-state index >= 15 is 0 Å². The Morgan fingerprint density at radius 2 is 1.50 bits per heavy atom. The van der Waals surface area contributed by atoms with Gasteiger partial charge < -0.3 is 4.74 Å². The summed E-state index contributed by atoms with van der Waals surface area (Å²) in [4.78, 5) is 0. The molecule has 0 aliphatic carbocycles. The van der Waals surface area contributed by atoms with Gasteiger partial charge in [0.25, 0.3) is 0 Å². The van der Waals surface area contributed by atoms with Crippen LogP contribution in [0.25, 0.3) is 0 Å². The van der Waals surface area contributed by atoms with Gasteiger partial charge in [-0.2, -0.15) is 8.42 Å². The quantitative estimate of drug-likeness (QED) is 0.538. The molecule has 0 aliphatic heterocycles. The van der Waals surface area contributed by atoms with Gasteiger partial charge in [-0.25, -0.2) is 0 Å². The van der Waals surface area contributed by atoms with E-state index in [9.17, 15) is 0 Å². The summed E-state index contributed by atoms with van der Waals surface area (Å²) >= 11 is 0. The minimum absolute atomic E-state index is 0. The molecule has 0 radical (unpaired) electrons. The van der Waals surface area contributed by atoms with Crippen molar-refractivity contribution in [3.63, 3.8) is 0 Å². The van der Waals surface area contributed by atoms with E-state index in [1.54, 1.807) is 7.11 Å². The summed E-state index contributed by atoms with van der Waals surface area (Å²) in [6.45, 7) is 0. The fourth-order valence-corrected chi connectivity index (χ4v) is 0.557. The van der Waals surface area contributed by atoms with Crippen molar-refractivity contribution < 1.29 is 22.3 Å². The second-order valence-corrected chi connectivity index (χ2v) is 2.86. The predicted octanol–water partition coefficient (Wildman–Crippen LogP) is 0.394. The van der Waals surface area contributed by atoms with Gasteiger partial charge in [0, 0.05) is 0 Å². The van der Waals surface area contributed by atoms with E-state index in [0.717, 1.165) is 5.75 Å².